The van der Waals surface area contributed by atoms with Gasteiger partial charge < -0.3 is 10.1 Å². The molecule has 6 nitrogen and oxygen atoms in total. The highest BCUT2D eigenvalue weighted by Gasteiger charge is 2.20. The fourth-order valence-corrected chi connectivity index (χ4v) is 1.57. The van der Waals surface area contributed by atoms with Crippen LogP contribution in [0.25, 0.3) is 0 Å². The van der Waals surface area contributed by atoms with Crippen LogP contribution in [0.1, 0.15) is 23.1 Å². The first-order valence-corrected chi connectivity index (χ1v) is 6.52. The molecule has 22 heavy (non-hydrogen) atoms. The maximum absolute atomic E-state index is 13.4. The molecule has 0 saturated heterocycles. The fraction of sp³-hybridized carbons (Fsp3) is 0.200. The van der Waals surface area contributed by atoms with E-state index in [2.05, 4.69) is 15.3 Å². The van der Waals surface area contributed by atoms with E-state index < -0.39 is 23.8 Å². The lowest BCUT2D eigenvalue weighted by Gasteiger charge is -2.13. The number of nitrogens with zero attached hydrogens (tertiary/aromatic N) is 2. The summed E-state index contributed by atoms with van der Waals surface area (Å²) >= 11 is 0. The number of halogens is 1. The molecule has 0 aliphatic heterocycles. The third kappa shape index (κ3) is 3.85. The van der Waals surface area contributed by atoms with Crippen LogP contribution in [0.4, 0.5) is 10.1 Å². The minimum absolute atomic E-state index is 0.00357. The SMILES string of the molecule is Cc1cnc(C(=O)O[C@H](C)C(=O)Nc2ccccc2F)cn1. The van der Waals surface area contributed by atoms with Crippen molar-refractivity contribution < 1.29 is 18.7 Å². The third-order valence-electron chi connectivity index (χ3n) is 2.77. The normalized spacial score (nSPS) is 11.6. The summed E-state index contributed by atoms with van der Waals surface area (Å²) in [4.78, 5) is 31.5. The molecule has 0 bridgehead atoms. The van der Waals surface area contributed by atoms with Crippen molar-refractivity contribution >= 4 is 17.6 Å². The van der Waals surface area contributed by atoms with Gasteiger partial charge in [-0.3, -0.25) is 9.78 Å². The summed E-state index contributed by atoms with van der Waals surface area (Å²) in [6.45, 7) is 3.11. The van der Waals surface area contributed by atoms with Gasteiger partial charge in [0.25, 0.3) is 5.91 Å². The molecule has 0 aliphatic rings. The quantitative estimate of drug-likeness (QED) is 0.875. The minimum atomic E-state index is -1.10. The van der Waals surface area contributed by atoms with Crippen molar-refractivity contribution in [1.82, 2.24) is 9.97 Å². The zero-order valence-corrected chi connectivity index (χ0v) is 12.0. The van der Waals surface area contributed by atoms with E-state index in [0.717, 1.165) is 0 Å². The molecule has 114 valence electrons. The molecule has 1 amide bonds. The highest BCUT2D eigenvalue weighted by molar-refractivity contribution is 5.96. The molecule has 1 N–H and O–H groups in total. The number of hydrogen-bond acceptors (Lipinski definition) is 5. The first kappa shape index (κ1) is 15.6. The van der Waals surface area contributed by atoms with E-state index in [9.17, 15) is 14.0 Å². The largest absolute Gasteiger partial charge is 0.448 e. The van der Waals surface area contributed by atoms with E-state index in [1.54, 1.807) is 13.0 Å². The number of amides is 1. The molecule has 0 saturated carbocycles. The summed E-state index contributed by atoms with van der Waals surface area (Å²) in [5.41, 5.74) is 0.670. The smallest absolute Gasteiger partial charge is 0.359 e. The van der Waals surface area contributed by atoms with E-state index in [1.807, 2.05) is 0 Å². The first-order chi connectivity index (χ1) is 10.5. The number of carbonyl (C=O) groups excluding carboxylic acids is 2. The molecule has 0 unspecified atom stereocenters. The number of anilines is 1. The van der Waals surface area contributed by atoms with Crippen LogP contribution < -0.4 is 5.32 Å². The van der Waals surface area contributed by atoms with Gasteiger partial charge in [-0.05, 0) is 26.0 Å². The number of esters is 1. The summed E-state index contributed by atoms with van der Waals surface area (Å²) in [6.07, 6.45) is 1.58. The van der Waals surface area contributed by atoms with E-state index in [4.69, 9.17) is 4.74 Å². The maximum atomic E-state index is 13.4. The van der Waals surface area contributed by atoms with Crippen LogP contribution in [0.15, 0.2) is 36.7 Å². The second-order valence-corrected chi connectivity index (χ2v) is 4.56. The molecule has 0 spiro atoms. The Morgan fingerprint density at radius 2 is 1.95 bits per heavy atom. The number of carbonyl (C=O) groups is 2. The van der Waals surface area contributed by atoms with Crippen molar-refractivity contribution in [3.8, 4) is 0 Å². The minimum Gasteiger partial charge on any atom is -0.448 e. The number of rotatable bonds is 4. The van der Waals surface area contributed by atoms with Crippen LogP contribution in [0, 0.1) is 12.7 Å². The molecule has 1 aromatic heterocycles. The van der Waals surface area contributed by atoms with Gasteiger partial charge in [0.05, 0.1) is 17.6 Å². The summed E-state index contributed by atoms with van der Waals surface area (Å²) in [5, 5.41) is 2.35. The van der Waals surface area contributed by atoms with Crippen molar-refractivity contribution in [2.75, 3.05) is 5.32 Å². The average molecular weight is 303 g/mol. The topological polar surface area (TPSA) is 81.2 Å². The predicted octanol–water partition coefficient (Wildman–Crippen LogP) is 2.11. The summed E-state index contributed by atoms with van der Waals surface area (Å²) in [7, 11) is 0. The summed E-state index contributed by atoms with van der Waals surface area (Å²) in [5.74, 6) is -1.99. The van der Waals surface area contributed by atoms with Gasteiger partial charge >= 0.3 is 5.97 Å². The van der Waals surface area contributed by atoms with Gasteiger partial charge in [0.15, 0.2) is 11.8 Å². The molecule has 7 heteroatoms. The lowest BCUT2D eigenvalue weighted by molar-refractivity contribution is -0.123. The van der Waals surface area contributed by atoms with E-state index >= 15 is 0 Å². The highest BCUT2D eigenvalue weighted by Crippen LogP contribution is 2.13. The first-order valence-electron chi connectivity index (χ1n) is 6.52. The molecule has 1 atom stereocenters. The fourth-order valence-electron chi connectivity index (χ4n) is 1.57. The Hall–Kier alpha value is -2.83. The zero-order valence-electron chi connectivity index (χ0n) is 12.0. The van der Waals surface area contributed by atoms with Crippen molar-refractivity contribution in [1.29, 1.82) is 0 Å². The highest BCUT2D eigenvalue weighted by atomic mass is 19.1. The molecule has 2 aromatic rings. The maximum Gasteiger partial charge on any atom is 0.359 e. The molecular weight excluding hydrogens is 289 g/mol. The molecule has 1 heterocycles. The van der Waals surface area contributed by atoms with Crippen molar-refractivity contribution in [3.63, 3.8) is 0 Å². The standard InChI is InChI=1S/C15H14FN3O3/c1-9-7-18-13(8-17-9)15(21)22-10(2)14(20)19-12-6-4-3-5-11(12)16/h3-8,10H,1-2H3,(H,19,20)/t10-/m1/s1. The van der Waals surface area contributed by atoms with Crippen molar-refractivity contribution in [3.05, 3.63) is 53.9 Å². The molecule has 0 radical (unpaired) electrons. The molecule has 0 fully saturated rings. The predicted molar refractivity (Wildman–Crippen MR) is 76.7 cm³/mol. The van der Waals surface area contributed by atoms with Gasteiger partial charge in [-0.1, -0.05) is 12.1 Å². The van der Waals surface area contributed by atoms with Crippen LogP contribution >= 0.6 is 0 Å². The van der Waals surface area contributed by atoms with E-state index in [-0.39, 0.29) is 11.4 Å². The Kier molecular flexibility index (Phi) is 4.77. The van der Waals surface area contributed by atoms with Crippen molar-refractivity contribution in [2.24, 2.45) is 0 Å². The van der Waals surface area contributed by atoms with Gasteiger partial charge in [-0.25, -0.2) is 14.2 Å². The molecule has 2 rings (SSSR count). The summed E-state index contributed by atoms with van der Waals surface area (Å²) in [6, 6.07) is 5.71. The Labute approximate surface area is 126 Å². The van der Waals surface area contributed by atoms with Gasteiger partial charge in [0.2, 0.25) is 0 Å². The van der Waals surface area contributed by atoms with E-state index in [0.29, 0.717) is 5.69 Å². The van der Waals surface area contributed by atoms with Gasteiger partial charge in [-0.15, -0.1) is 0 Å². The Balaban J connectivity index is 1.98. The van der Waals surface area contributed by atoms with Crippen molar-refractivity contribution in [2.45, 2.75) is 20.0 Å². The number of benzene rings is 1. The van der Waals surface area contributed by atoms with Gasteiger partial charge in [0, 0.05) is 6.20 Å². The second-order valence-electron chi connectivity index (χ2n) is 4.56. The third-order valence-corrected chi connectivity index (χ3v) is 2.77. The van der Waals surface area contributed by atoms with Crippen LogP contribution in [0.2, 0.25) is 0 Å². The number of aryl methyl sites for hydroxylation is 1. The van der Waals surface area contributed by atoms with Crippen LogP contribution in [0.3, 0.4) is 0 Å². The number of aromatic nitrogens is 2. The molecular formula is C15H14FN3O3. The average Bonchev–Trinajstić information content (AvgIpc) is 2.50. The van der Waals surface area contributed by atoms with Crippen LogP contribution in [-0.2, 0) is 9.53 Å². The Morgan fingerprint density at radius 3 is 2.59 bits per heavy atom. The lowest BCUT2D eigenvalue weighted by Crippen LogP contribution is -2.30. The number of para-hydroxylation sites is 1. The number of hydrogen-bond donors (Lipinski definition) is 1. The van der Waals surface area contributed by atoms with E-state index in [1.165, 1.54) is 37.5 Å². The van der Waals surface area contributed by atoms with Crippen LogP contribution in [-0.4, -0.2) is 27.9 Å². The number of nitrogens with one attached hydrogen (secondary N) is 1. The Bertz CT molecular complexity index is 689. The van der Waals surface area contributed by atoms with Gasteiger partial charge in [0.1, 0.15) is 5.82 Å². The summed E-state index contributed by atoms with van der Waals surface area (Å²) < 4.78 is 18.4. The van der Waals surface area contributed by atoms with Gasteiger partial charge in [-0.2, -0.15) is 0 Å². The molecule has 1 aromatic carbocycles. The molecule has 0 aliphatic carbocycles. The Morgan fingerprint density at radius 1 is 1.23 bits per heavy atom. The second kappa shape index (κ2) is 6.75. The monoisotopic (exact) mass is 303 g/mol. The van der Waals surface area contributed by atoms with Crippen LogP contribution in [0.5, 0.6) is 0 Å². The number of ether oxygens (including phenoxy) is 1. The lowest BCUT2D eigenvalue weighted by atomic mass is 10.3. The zero-order chi connectivity index (χ0) is 16.1.